The minimum absolute atomic E-state index is 0.0153. The molecular weight excluding hydrogens is 508 g/mol. The highest BCUT2D eigenvalue weighted by atomic mass is 16.7. The quantitative estimate of drug-likeness (QED) is 0.224. The minimum Gasteiger partial charge on any atom is -0.460 e. The van der Waals surface area contributed by atoms with Crippen LogP contribution in [0.3, 0.4) is 0 Å². The lowest BCUT2D eigenvalue weighted by Crippen LogP contribution is -2.38. The molecule has 0 unspecified atom stereocenters. The summed E-state index contributed by atoms with van der Waals surface area (Å²) in [4.78, 5) is 104. The average Bonchev–Trinajstić information content (AvgIpc) is 3.30. The summed E-state index contributed by atoms with van der Waals surface area (Å²) < 4.78 is 11.0. The van der Waals surface area contributed by atoms with E-state index in [-0.39, 0.29) is 58.0 Å². The van der Waals surface area contributed by atoms with Gasteiger partial charge in [-0.3, -0.25) is 28.8 Å². The Morgan fingerprint density at radius 3 is 1.50 bits per heavy atom. The molecule has 14 nitrogen and oxygen atoms in total. The Morgan fingerprint density at radius 1 is 0.658 bits per heavy atom. The molecule has 0 aromatic rings. The smallest absolute Gasteiger partial charge is 0.333 e. The summed E-state index contributed by atoms with van der Waals surface area (Å²) in [6, 6.07) is 0. The van der Waals surface area contributed by atoms with Crippen molar-refractivity contribution < 1.29 is 57.5 Å². The molecule has 0 aromatic carbocycles. The molecule has 0 aliphatic carbocycles. The zero-order chi connectivity index (χ0) is 28.7. The second-order valence-corrected chi connectivity index (χ2v) is 9.86. The molecule has 2 saturated heterocycles. The second-order valence-electron chi connectivity index (χ2n) is 9.86. The number of carbonyl (C=O) groups is 8. The molecule has 0 aromatic heterocycles. The van der Waals surface area contributed by atoms with E-state index >= 15 is 0 Å². The highest BCUT2D eigenvalue weighted by Gasteiger charge is 2.35. The first-order valence-electron chi connectivity index (χ1n) is 12.1. The molecule has 2 aliphatic rings. The van der Waals surface area contributed by atoms with Crippen LogP contribution in [0.15, 0.2) is 0 Å². The van der Waals surface area contributed by atoms with E-state index in [1.54, 1.807) is 13.8 Å². The van der Waals surface area contributed by atoms with Gasteiger partial charge < -0.3 is 19.1 Å². The highest BCUT2D eigenvalue weighted by molar-refractivity contribution is 6.02. The number of esters is 1. The van der Waals surface area contributed by atoms with E-state index in [0.717, 1.165) is 0 Å². The van der Waals surface area contributed by atoms with Crippen LogP contribution in [0.25, 0.3) is 0 Å². The van der Waals surface area contributed by atoms with Crippen molar-refractivity contribution in [3.63, 3.8) is 0 Å². The molecule has 38 heavy (non-hydrogen) atoms. The predicted molar refractivity (Wildman–Crippen MR) is 123 cm³/mol. The molecule has 2 fully saturated rings. The van der Waals surface area contributed by atoms with Gasteiger partial charge in [0.25, 0.3) is 23.6 Å². The van der Waals surface area contributed by atoms with Gasteiger partial charge in [0, 0.05) is 38.5 Å². The molecule has 2 aliphatic heterocycles. The number of ketones is 1. The van der Waals surface area contributed by atoms with Gasteiger partial charge >= 0.3 is 17.9 Å². The number of ether oxygens (including phenoxy) is 2. The van der Waals surface area contributed by atoms with Crippen molar-refractivity contribution in [3.05, 3.63) is 0 Å². The lowest BCUT2D eigenvalue weighted by Gasteiger charge is -2.28. The number of imide groups is 2. The fraction of sp³-hybridized carbons (Fsp3) is 0.667. The van der Waals surface area contributed by atoms with Crippen LogP contribution >= 0.6 is 0 Å². The fourth-order valence-electron chi connectivity index (χ4n) is 3.37. The van der Waals surface area contributed by atoms with Gasteiger partial charge in [0.15, 0.2) is 5.78 Å². The van der Waals surface area contributed by atoms with Crippen LogP contribution in [0.2, 0.25) is 0 Å². The fourth-order valence-corrected chi connectivity index (χ4v) is 3.37. The average molecular weight is 541 g/mol. The predicted octanol–water partition coefficient (Wildman–Crippen LogP) is 0.837. The van der Waals surface area contributed by atoms with Crippen LogP contribution < -0.4 is 0 Å². The number of hydrogen-bond donors (Lipinski definition) is 0. The molecule has 4 amide bonds. The number of amides is 4. The summed E-state index contributed by atoms with van der Waals surface area (Å²) in [5, 5.41) is 0.812. The van der Waals surface area contributed by atoms with Gasteiger partial charge in [0.1, 0.15) is 11.2 Å². The first kappa shape index (κ1) is 30.5. The molecule has 0 radical (unpaired) electrons. The van der Waals surface area contributed by atoms with Crippen molar-refractivity contribution in [1.29, 1.82) is 0 Å². The third-order valence-corrected chi connectivity index (χ3v) is 5.72. The van der Waals surface area contributed by atoms with E-state index in [1.807, 2.05) is 0 Å². The second kappa shape index (κ2) is 12.7. The maximum absolute atomic E-state index is 12.5. The molecule has 0 bridgehead atoms. The molecule has 2 rings (SSSR count). The van der Waals surface area contributed by atoms with Gasteiger partial charge in [-0.15, -0.1) is 10.1 Å². The van der Waals surface area contributed by atoms with Crippen LogP contribution in [-0.2, 0) is 57.5 Å². The summed E-state index contributed by atoms with van der Waals surface area (Å²) in [6.07, 6.45) is -1.29. The number of hydrogen-bond acceptors (Lipinski definition) is 12. The van der Waals surface area contributed by atoms with E-state index in [4.69, 9.17) is 19.1 Å². The van der Waals surface area contributed by atoms with Gasteiger partial charge in [0.05, 0.1) is 25.9 Å². The number of nitrogens with zero attached hydrogens (tertiary/aromatic N) is 2. The molecule has 0 spiro atoms. The first-order chi connectivity index (χ1) is 17.6. The number of Topliss-reactive ketones (excluding diaryl/α,β-unsaturated/α-hetero) is 1. The van der Waals surface area contributed by atoms with Gasteiger partial charge in [-0.05, 0) is 27.7 Å². The Hall–Kier alpha value is -3.68. The molecule has 210 valence electrons. The third kappa shape index (κ3) is 9.01. The lowest BCUT2D eigenvalue weighted by atomic mass is 9.99. The summed E-state index contributed by atoms with van der Waals surface area (Å²) in [7, 11) is 0. The van der Waals surface area contributed by atoms with Crippen LogP contribution in [0.5, 0.6) is 0 Å². The maximum Gasteiger partial charge on any atom is 0.333 e. The topological polar surface area (TPSA) is 180 Å². The van der Waals surface area contributed by atoms with Gasteiger partial charge in [-0.25, -0.2) is 9.59 Å². The van der Waals surface area contributed by atoms with Crippen molar-refractivity contribution >= 4 is 47.3 Å². The minimum atomic E-state index is -1.28. The zero-order valence-corrected chi connectivity index (χ0v) is 21.9. The van der Waals surface area contributed by atoms with Gasteiger partial charge in [0.2, 0.25) is 0 Å². The normalized spacial score (nSPS) is 16.2. The number of carbonyl (C=O) groups excluding carboxylic acids is 8. The van der Waals surface area contributed by atoms with Crippen LogP contribution in [0, 0.1) is 0 Å². The molecule has 0 N–H and O–H groups in total. The van der Waals surface area contributed by atoms with E-state index in [2.05, 4.69) is 0 Å². The molecule has 2 heterocycles. The summed E-state index contributed by atoms with van der Waals surface area (Å²) >= 11 is 0. The van der Waals surface area contributed by atoms with Gasteiger partial charge in [-0.2, -0.15) is 0 Å². The summed E-state index contributed by atoms with van der Waals surface area (Å²) in [5.74, 6) is -5.42. The first-order valence-corrected chi connectivity index (χ1v) is 12.1. The zero-order valence-electron chi connectivity index (χ0n) is 21.9. The van der Waals surface area contributed by atoms with Crippen molar-refractivity contribution in [3.8, 4) is 0 Å². The Balaban J connectivity index is 1.68. The Kier molecular flexibility index (Phi) is 10.2. The Bertz CT molecular complexity index is 984. The van der Waals surface area contributed by atoms with Crippen molar-refractivity contribution in [2.24, 2.45) is 0 Å². The molecule has 0 saturated carbocycles. The maximum atomic E-state index is 12.5. The molecule has 14 heteroatoms. The largest absolute Gasteiger partial charge is 0.460 e. The van der Waals surface area contributed by atoms with E-state index in [9.17, 15) is 38.4 Å². The number of rotatable bonds is 14. The van der Waals surface area contributed by atoms with E-state index in [0.29, 0.717) is 10.1 Å². The van der Waals surface area contributed by atoms with Crippen LogP contribution in [0.4, 0.5) is 0 Å². The van der Waals surface area contributed by atoms with Crippen molar-refractivity contribution in [2.75, 3.05) is 6.61 Å². The molecule has 0 atom stereocenters. The van der Waals surface area contributed by atoms with Crippen LogP contribution in [0.1, 0.15) is 85.5 Å². The lowest BCUT2D eigenvalue weighted by molar-refractivity contribution is -0.198. The van der Waals surface area contributed by atoms with Crippen molar-refractivity contribution in [1.82, 2.24) is 10.1 Å². The van der Waals surface area contributed by atoms with Crippen molar-refractivity contribution in [2.45, 2.75) is 96.7 Å². The van der Waals surface area contributed by atoms with Crippen LogP contribution in [-0.4, -0.2) is 75.3 Å². The Labute approximate surface area is 218 Å². The third-order valence-electron chi connectivity index (χ3n) is 5.72. The SMILES string of the molecule is CC(C)(CCOC(C)(C)C(=O)CCC(=O)ON1C(=O)CCC1=O)OC(=O)CCC(=O)ON1C(=O)CCC1=O. The summed E-state index contributed by atoms with van der Waals surface area (Å²) in [5.41, 5.74) is -2.30. The standard InChI is InChI=1S/C24H32N2O12/c1-23(2,36-20(32)11-12-22(34)38-26-18(30)8-9-19(26)31)13-14-35-24(3,4)15(27)5-10-21(33)37-25-16(28)6-7-17(25)29/h5-14H2,1-4H3. The van der Waals surface area contributed by atoms with E-state index in [1.165, 1.54) is 13.8 Å². The Morgan fingerprint density at radius 2 is 1.05 bits per heavy atom. The molecular formula is C24H32N2O12. The van der Waals surface area contributed by atoms with Gasteiger partial charge in [-0.1, -0.05) is 0 Å². The highest BCUT2D eigenvalue weighted by Crippen LogP contribution is 2.21. The monoisotopic (exact) mass is 540 g/mol. The van der Waals surface area contributed by atoms with E-state index < -0.39 is 64.9 Å². The number of hydroxylamine groups is 4. The summed E-state index contributed by atoms with van der Waals surface area (Å²) in [6.45, 7) is 6.25.